The number of H-pyrrole nitrogens is 1. The molecular weight excluding hydrogens is 392 g/mol. The molecule has 0 unspecified atom stereocenters. The molecule has 1 aliphatic heterocycles. The lowest BCUT2D eigenvalue weighted by Crippen LogP contribution is -2.47. The van der Waals surface area contributed by atoms with Gasteiger partial charge in [0.05, 0.1) is 18.5 Å². The smallest absolute Gasteiger partial charge is 0.252 e. The van der Waals surface area contributed by atoms with Gasteiger partial charge in [-0.25, -0.2) is 9.67 Å². The summed E-state index contributed by atoms with van der Waals surface area (Å²) >= 11 is 1.44. The van der Waals surface area contributed by atoms with E-state index in [0.717, 1.165) is 37.6 Å². The molecule has 2 aromatic heterocycles. The molecule has 4 rings (SSSR count). The SMILES string of the molecule is COc1ccccc1N1CCN(c2nc(CSc3nnnn3C)cc(=O)[nH]2)CC1. The number of aromatic amines is 1. The highest BCUT2D eigenvalue weighted by atomic mass is 32.2. The van der Waals surface area contributed by atoms with Gasteiger partial charge in [-0.05, 0) is 22.6 Å². The van der Waals surface area contributed by atoms with Crippen molar-refractivity contribution in [2.75, 3.05) is 43.1 Å². The molecule has 1 fully saturated rings. The zero-order chi connectivity index (χ0) is 20.2. The van der Waals surface area contributed by atoms with Crippen LogP contribution in [0, 0.1) is 0 Å². The first-order chi connectivity index (χ1) is 14.1. The number of hydrogen-bond acceptors (Lipinski definition) is 9. The van der Waals surface area contributed by atoms with E-state index < -0.39 is 0 Å². The van der Waals surface area contributed by atoms with Crippen LogP contribution in [0.2, 0.25) is 0 Å². The molecule has 1 aromatic carbocycles. The number of tetrazole rings is 1. The lowest BCUT2D eigenvalue weighted by atomic mass is 10.2. The van der Waals surface area contributed by atoms with Gasteiger partial charge in [0.25, 0.3) is 5.56 Å². The number of rotatable bonds is 6. The van der Waals surface area contributed by atoms with Crippen LogP contribution in [0.5, 0.6) is 5.75 Å². The molecule has 0 spiro atoms. The minimum atomic E-state index is -0.158. The number of para-hydroxylation sites is 2. The van der Waals surface area contributed by atoms with E-state index in [0.29, 0.717) is 22.6 Å². The van der Waals surface area contributed by atoms with Crippen LogP contribution in [0.15, 0.2) is 40.3 Å². The van der Waals surface area contributed by atoms with E-state index in [9.17, 15) is 4.79 Å². The first kappa shape index (κ1) is 19.2. The van der Waals surface area contributed by atoms with Crippen molar-refractivity contribution in [2.45, 2.75) is 10.9 Å². The van der Waals surface area contributed by atoms with Crippen molar-refractivity contribution in [3.8, 4) is 5.75 Å². The molecule has 152 valence electrons. The van der Waals surface area contributed by atoms with Crippen LogP contribution in [0.4, 0.5) is 11.6 Å². The molecule has 11 heteroatoms. The number of hydrogen-bond donors (Lipinski definition) is 1. The van der Waals surface area contributed by atoms with E-state index in [1.807, 2.05) is 18.2 Å². The van der Waals surface area contributed by atoms with Gasteiger partial charge >= 0.3 is 0 Å². The van der Waals surface area contributed by atoms with Crippen molar-refractivity contribution >= 4 is 23.4 Å². The number of benzene rings is 1. The topological polar surface area (TPSA) is 105 Å². The van der Waals surface area contributed by atoms with Gasteiger partial charge in [0.15, 0.2) is 0 Å². The van der Waals surface area contributed by atoms with Crippen molar-refractivity contribution in [3.05, 3.63) is 46.4 Å². The average Bonchev–Trinajstić information content (AvgIpc) is 3.16. The summed E-state index contributed by atoms with van der Waals surface area (Å²) in [6, 6.07) is 9.53. The maximum absolute atomic E-state index is 12.1. The van der Waals surface area contributed by atoms with Gasteiger partial charge in [-0.2, -0.15) is 0 Å². The normalized spacial score (nSPS) is 14.3. The highest BCUT2D eigenvalue weighted by Gasteiger charge is 2.21. The van der Waals surface area contributed by atoms with E-state index in [2.05, 4.69) is 41.4 Å². The summed E-state index contributed by atoms with van der Waals surface area (Å²) in [4.78, 5) is 24.0. The third-order valence-electron chi connectivity index (χ3n) is 4.72. The van der Waals surface area contributed by atoms with Gasteiger partial charge in [0.2, 0.25) is 11.1 Å². The average molecular weight is 414 g/mol. The van der Waals surface area contributed by atoms with E-state index >= 15 is 0 Å². The summed E-state index contributed by atoms with van der Waals surface area (Å²) in [5, 5.41) is 12.0. The number of anilines is 2. The molecule has 0 bridgehead atoms. The van der Waals surface area contributed by atoms with Crippen molar-refractivity contribution in [1.29, 1.82) is 0 Å². The summed E-state index contributed by atoms with van der Waals surface area (Å²) in [6.45, 7) is 3.14. The lowest BCUT2D eigenvalue weighted by molar-refractivity contribution is 0.413. The molecule has 3 heterocycles. The predicted molar refractivity (Wildman–Crippen MR) is 111 cm³/mol. The van der Waals surface area contributed by atoms with Crippen LogP contribution in [0.25, 0.3) is 0 Å². The first-order valence-corrected chi connectivity index (χ1v) is 10.2. The Bertz CT molecular complexity index is 1030. The third kappa shape index (κ3) is 4.34. The first-order valence-electron chi connectivity index (χ1n) is 9.22. The van der Waals surface area contributed by atoms with Gasteiger partial charge in [0, 0.05) is 45.0 Å². The highest BCUT2D eigenvalue weighted by Crippen LogP contribution is 2.28. The van der Waals surface area contributed by atoms with Gasteiger partial charge in [-0.15, -0.1) is 5.10 Å². The molecule has 1 saturated heterocycles. The molecule has 10 nitrogen and oxygen atoms in total. The van der Waals surface area contributed by atoms with E-state index in [1.54, 1.807) is 18.8 Å². The molecule has 1 N–H and O–H groups in total. The molecule has 3 aromatic rings. The maximum Gasteiger partial charge on any atom is 0.252 e. The number of aromatic nitrogens is 6. The highest BCUT2D eigenvalue weighted by molar-refractivity contribution is 7.98. The second-order valence-corrected chi connectivity index (χ2v) is 7.52. The molecule has 0 amide bonds. The Morgan fingerprint density at radius 2 is 1.93 bits per heavy atom. The number of methoxy groups -OCH3 is 1. The Hall–Kier alpha value is -3.08. The number of nitrogens with zero attached hydrogens (tertiary/aromatic N) is 7. The van der Waals surface area contributed by atoms with Gasteiger partial charge in [-0.3, -0.25) is 9.78 Å². The Morgan fingerprint density at radius 3 is 2.66 bits per heavy atom. The summed E-state index contributed by atoms with van der Waals surface area (Å²) in [6.07, 6.45) is 0. The number of piperazine rings is 1. The number of nitrogens with one attached hydrogen (secondary N) is 1. The molecule has 0 radical (unpaired) electrons. The quantitative estimate of drug-likeness (QED) is 0.590. The molecule has 0 saturated carbocycles. The van der Waals surface area contributed by atoms with Crippen molar-refractivity contribution in [1.82, 2.24) is 30.2 Å². The Morgan fingerprint density at radius 1 is 1.17 bits per heavy atom. The second kappa shape index (κ2) is 8.52. The fraction of sp³-hybridized carbons (Fsp3) is 0.389. The van der Waals surface area contributed by atoms with Crippen molar-refractivity contribution < 1.29 is 4.74 Å². The summed E-state index contributed by atoms with van der Waals surface area (Å²) < 4.78 is 7.07. The summed E-state index contributed by atoms with van der Waals surface area (Å²) in [5.41, 5.74) is 1.62. The molecule has 1 aliphatic rings. The Labute approximate surface area is 171 Å². The Kier molecular flexibility index (Phi) is 5.65. The van der Waals surface area contributed by atoms with Gasteiger partial charge in [-0.1, -0.05) is 23.9 Å². The number of ether oxygens (including phenoxy) is 1. The second-order valence-electron chi connectivity index (χ2n) is 6.58. The van der Waals surface area contributed by atoms with Gasteiger partial charge < -0.3 is 14.5 Å². The van der Waals surface area contributed by atoms with Crippen LogP contribution in [0.3, 0.4) is 0 Å². The van der Waals surface area contributed by atoms with Crippen LogP contribution in [-0.4, -0.2) is 63.5 Å². The largest absolute Gasteiger partial charge is 0.495 e. The lowest BCUT2D eigenvalue weighted by Gasteiger charge is -2.36. The van der Waals surface area contributed by atoms with Crippen LogP contribution < -0.4 is 20.1 Å². The molecule has 0 aliphatic carbocycles. The fourth-order valence-electron chi connectivity index (χ4n) is 3.25. The zero-order valence-electron chi connectivity index (χ0n) is 16.3. The van der Waals surface area contributed by atoms with Crippen molar-refractivity contribution in [3.63, 3.8) is 0 Å². The predicted octanol–water partition coefficient (Wildman–Crippen LogP) is 0.921. The summed E-state index contributed by atoms with van der Waals surface area (Å²) in [5.74, 6) is 1.99. The van der Waals surface area contributed by atoms with Crippen LogP contribution in [-0.2, 0) is 12.8 Å². The third-order valence-corrected chi connectivity index (χ3v) is 5.76. The monoisotopic (exact) mass is 414 g/mol. The minimum absolute atomic E-state index is 0.158. The number of thioether (sulfide) groups is 1. The van der Waals surface area contributed by atoms with Crippen LogP contribution >= 0.6 is 11.8 Å². The molecular formula is C18H22N8O2S. The standard InChI is InChI=1S/C18H22N8O2S/c1-24-18(21-22-23-24)29-12-13-11-16(27)20-17(19-13)26-9-7-25(8-10-26)14-5-3-4-6-15(14)28-2/h3-6,11H,7-10,12H2,1-2H3,(H,19,20,27). The minimum Gasteiger partial charge on any atom is -0.495 e. The fourth-order valence-corrected chi connectivity index (χ4v) is 3.99. The van der Waals surface area contributed by atoms with Crippen LogP contribution in [0.1, 0.15) is 5.69 Å². The molecule has 0 atom stereocenters. The van der Waals surface area contributed by atoms with Gasteiger partial charge in [0.1, 0.15) is 5.75 Å². The zero-order valence-corrected chi connectivity index (χ0v) is 17.1. The Balaban J connectivity index is 1.43. The van der Waals surface area contributed by atoms with E-state index in [4.69, 9.17) is 4.74 Å². The van der Waals surface area contributed by atoms with E-state index in [-0.39, 0.29) is 5.56 Å². The molecule has 29 heavy (non-hydrogen) atoms. The maximum atomic E-state index is 12.1. The summed E-state index contributed by atoms with van der Waals surface area (Å²) in [7, 11) is 3.46. The number of aryl methyl sites for hydroxylation is 1. The van der Waals surface area contributed by atoms with Crippen molar-refractivity contribution in [2.24, 2.45) is 7.05 Å². The van der Waals surface area contributed by atoms with E-state index in [1.165, 1.54) is 17.8 Å².